The van der Waals surface area contributed by atoms with Crippen LogP contribution in [-0.2, 0) is 5.54 Å². The Labute approximate surface area is 171 Å². The number of nitrogens with one attached hydrogen (secondary N) is 1. The summed E-state index contributed by atoms with van der Waals surface area (Å²) in [5, 5.41) is 7.43. The lowest BCUT2D eigenvalue weighted by atomic mass is 10.0. The number of nitrogens with zero attached hydrogens (tertiary/aromatic N) is 3. The van der Waals surface area contributed by atoms with E-state index in [0.717, 1.165) is 11.3 Å². The van der Waals surface area contributed by atoms with Gasteiger partial charge in [0.25, 0.3) is 5.91 Å². The van der Waals surface area contributed by atoms with E-state index in [0.29, 0.717) is 17.0 Å². The highest BCUT2D eigenvalue weighted by molar-refractivity contribution is 5.96. The number of halogens is 1. The normalized spacial score (nSPS) is 12.1. The highest BCUT2D eigenvalue weighted by Gasteiger charge is 2.22. The third-order valence-electron chi connectivity index (χ3n) is 4.26. The molecule has 0 spiro atoms. The van der Waals surface area contributed by atoms with Crippen LogP contribution in [0.3, 0.4) is 0 Å². The van der Waals surface area contributed by atoms with Gasteiger partial charge in [-0.25, -0.2) is 9.37 Å². The van der Waals surface area contributed by atoms with Crippen LogP contribution >= 0.6 is 0 Å². The van der Waals surface area contributed by atoms with E-state index in [-0.39, 0.29) is 22.8 Å². The van der Waals surface area contributed by atoms with Crippen LogP contribution in [0.4, 0.5) is 4.39 Å². The van der Waals surface area contributed by atoms with Gasteiger partial charge in [-0.2, -0.15) is 5.10 Å². The molecule has 0 unspecified atom stereocenters. The lowest BCUT2D eigenvalue weighted by Crippen LogP contribution is -2.40. The molecule has 0 fully saturated rings. The Morgan fingerprint density at radius 2 is 1.59 bits per heavy atom. The van der Waals surface area contributed by atoms with Crippen molar-refractivity contribution in [1.82, 2.24) is 20.1 Å². The minimum absolute atomic E-state index is 0.189. The molecule has 0 saturated heterocycles. The van der Waals surface area contributed by atoms with Crippen molar-refractivity contribution in [3.05, 3.63) is 60.0 Å². The van der Waals surface area contributed by atoms with Crippen LogP contribution in [0.2, 0.25) is 0 Å². The topological polar surface area (TPSA) is 59.8 Å². The largest absolute Gasteiger partial charge is 0.347 e. The highest BCUT2D eigenvalue weighted by Crippen LogP contribution is 2.28. The predicted molar refractivity (Wildman–Crippen MR) is 113 cm³/mol. The zero-order chi connectivity index (χ0) is 21.4. The second-order valence-corrected chi connectivity index (χ2v) is 9.14. The Kier molecular flexibility index (Phi) is 5.30. The molecule has 29 heavy (non-hydrogen) atoms. The molecular formula is C23H27FN4O. The van der Waals surface area contributed by atoms with Gasteiger partial charge >= 0.3 is 0 Å². The Balaban J connectivity index is 2.17. The summed E-state index contributed by atoms with van der Waals surface area (Å²) in [5.74, 6) is -0.507. The summed E-state index contributed by atoms with van der Waals surface area (Å²) in [6, 6.07) is 11.5. The van der Waals surface area contributed by atoms with E-state index in [9.17, 15) is 9.18 Å². The van der Waals surface area contributed by atoms with Gasteiger partial charge in [0.1, 0.15) is 5.82 Å². The monoisotopic (exact) mass is 394 g/mol. The van der Waals surface area contributed by atoms with Crippen molar-refractivity contribution in [2.45, 2.75) is 52.6 Å². The molecule has 0 aliphatic carbocycles. The molecule has 0 saturated carbocycles. The lowest BCUT2D eigenvalue weighted by molar-refractivity contribution is 0.0919. The van der Waals surface area contributed by atoms with Gasteiger partial charge in [0.2, 0.25) is 0 Å². The summed E-state index contributed by atoms with van der Waals surface area (Å²) in [6.45, 7) is 12.0. The number of amides is 1. The lowest BCUT2D eigenvalue weighted by Gasteiger charge is -2.23. The van der Waals surface area contributed by atoms with Gasteiger partial charge < -0.3 is 5.32 Å². The maximum Gasteiger partial charge on any atom is 0.251 e. The summed E-state index contributed by atoms with van der Waals surface area (Å²) in [7, 11) is 0. The molecule has 0 aliphatic rings. The number of carbonyl (C=O) groups is 1. The molecule has 1 N–H and O–H groups in total. The average Bonchev–Trinajstić information content (AvgIpc) is 3.11. The van der Waals surface area contributed by atoms with Crippen LogP contribution in [0.5, 0.6) is 0 Å². The Bertz CT molecular complexity index is 1020. The minimum atomic E-state index is -0.371. The molecule has 1 amide bonds. The first kappa shape index (κ1) is 20.7. The molecular weight excluding hydrogens is 367 g/mol. The van der Waals surface area contributed by atoms with E-state index in [1.165, 1.54) is 12.1 Å². The number of carbonyl (C=O) groups excluding carboxylic acids is 1. The maximum atomic E-state index is 13.4. The van der Waals surface area contributed by atoms with Crippen LogP contribution in [0, 0.1) is 5.82 Å². The number of pyridine rings is 1. The third kappa shape index (κ3) is 4.88. The zero-order valence-electron chi connectivity index (χ0n) is 17.7. The second-order valence-electron chi connectivity index (χ2n) is 9.14. The van der Waals surface area contributed by atoms with Gasteiger partial charge in [0.05, 0.1) is 22.6 Å². The predicted octanol–water partition coefficient (Wildman–Crippen LogP) is 5.03. The fourth-order valence-electron chi connectivity index (χ4n) is 3.01. The smallest absolute Gasteiger partial charge is 0.251 e. The minimum Gasteiger partial charge on any atom is -0.347 e. The van der Waals surface area contributed by atoms with Gasteiger partial charge in [0, 0.05) is 22.9 Å². The van der Waals surface area contributed by atoms with Crippen molar-refractivity contribution < 1.29 is 9.18 Å². The molecule has 0 bridgehead atoms. The molecule has 0 atom stereocenters. The summed E-state index contributed by atoms with van der Waals surface area (Å²) in [5.41, 5.74) is 2.66. The van der Waals surface area contributed by atoms with Crippen molar-refractivity contribution in [1.29, 1.82) is 0 Å². The van der Waals surface area contributed by atoms with E-state index in [4.69, 9.17) is 4.98 Å². The molecule has 3 rings (SSSR count). The van der Waals surface area contributed by atoms with E-state index >= 15 is 0 Å². The molecule has 5 nitrogen and oxygen atoms in total. The number of hydrogen-bond acceptors (Lipinski definition) is 3. The van der Waals surface area contributed by atoms with Crippen LogP contribution in [0.25, 0.3) is 22.6 Å². The number of rotatable bonds is 3. The van der Waals surface area contributed by atoms with Gasteiger partial charge in [0.15, 0.2) is 0 Å². The summed E-state index contributed by atoms with van der Waals surface area (Å²) < 4.78 is 15.3. The van der Waals surface area contributed by atoms with Gasteiger partial charge in [-0.05, 0) is 84.0 Å². The Hall–Kier alpha value is -3.02. The number of aromatic nitrogens is 3. The number of benzene rings is 1. The van der Waals surface area contributed by atoms with Crippen molar-refractivity contribution in [2.75, 3.05) is 0 Å². The first-order valence-electron chi connectivity index (χ1n) is 9.59. The van der Waals surface area contributed by atoms with E-state index < -0.39 is 0 Å². The first-order chi connectivity index (χ1) is 13.4. The van der Waals surface area contributed by atoms with Crippen LogP contribution in [-0.4, -0.2) is 26.2 Å². The zero-order valence-corrected chi connectivity index (χ0v) is 17.7. The summed E-state index contributed by atoms with van der Waals surface area (Å²) in [4.78, 5) is 17.6. The molecule has 1 aromatic carbocycles. The molecule has 0 aliphatic heterocycles. The van der Waals surface area contributed by atoms with Gasteiger partial charge in [-0.1, -0.05) is 0 Å². The average molecular weight is 394 g/mol. The van der Waals surface area contributed by atoms with E-state index in [1.807, 2.05) is 31.5 Å². The van der Waals surface area contributed by atoms with Crippen LogP contribution in [0.15, 0.2) is 48.7 Å². The SMILES string of the molecule is CC(C)(C)NC(=O)c1cc(-c2ccc(F)cc2)nc(-c2ccnn2C(C)(C)C)c1. The fraction of sp³-hybridized carbons (Fsp3) is 0.348. The Morgan fingerprint density at radius 3 is 2.17 bits per heavy atom. The van der Waals surface area contributed by atoms with Gasteiger partial charge in [-0.3, -0.25) is 9.48 Å². The molecule has 2 heterocycles. The van der Waals surface area contributed by atoms with Crippen molar-refractivity contribution in [3.63, 3.8) is 0 Å². The molecule has 6 heteroatoms. The molecule has 152 valence electrons. The van der Waals surface area contributed by atoms with Crippen LogP contribution < -0.4 is 5.32 Å². The molecule has 0 radical (unpaired) electrons. The maximum absolute atomic E-state index is 13.4. The fourth-order valence-corrected chi connectivity index (χ4v) is 3.01. The van der Waals surface area contributed by atoms with Crippen molar-refractivity contribution >= 4 is 5.91 Å². The standard InChI is InChI=1S/C23H27FN4O/c1-22(2,3)27-21(29)16-13-18(15-7-9-17(24)10-8-15)26-19(14-16)20-11-12-25-28(20)23(4,5)6/h7-14H,1-6H3,(H,27,29). The number of hydrogen-bond donors (Lipinski definition) is 1. The third-order valence-corrected chi connectivity index (χ3v) is 4.26. The summed E-state index contributed by atoms with van der Waals surface area (Å²) >= 11 is 0. The van der Waals surface area contributed by atoms with Gasteiger partial charge in [-0.15, -0.1) is 0 Å². The quantitative estimate of drug-likeness (QED) is 0.677. The van der Waals surface area contributed by atoms with Crippen LogP contribution in [0.1, 0.15) is 51.9 Å². The highest BCUT2D eigenvalue weighted by atomic mass is 19.1. The first-order valence-corrected chi connectivity index (χ1v) is 9.59. The van der Waals surface area contributed by atoms with Crippen molar-refractivity contribution in [2.24, 2.45) is 0 Å². The molecule has 3 aromatic rings. The van der Waals surface area contributed by atoms with E-state index in [1.54, 1.807) is 30.5 Å². The summed E-state index contributed by atoms with van der Waals surface area (Å²) in [6.07, 6.45) is 1.72. The Morgan fingerprint density at radius 1 is 0.966 bits per heavy atom. The van der Waals surface area contributed by atoms with Crippen molar-refractivity contribution in [3.8, 4) is 22.6 Å². The van der Waals surface area contributed by atoms with E-state index in [2.05, 4.69) is 31.2 Å². The second kappa shape index (κ2) is 7.43. The molecule has 2 aromatic heterocycles.